The smallest absolute Gasteiger partial charge is 0.266 e. The number of hydrogen-bond acceptors (Lipinski definition) is 5. The molecule has 1 aromatic carbocycles. The van der Waals surface area contributed by atoms with E-state index in [9.17, 15) is 8.42 Å². The Morgan fingerprint density at radius 2 is 1.91 bits per heavy atom. The standard InChI is InChI=1S/C13H16BrN3O4S/c1-4-8-5-13(16-15-8)17-22(18,19)12-6-9(14)10(20-2)7-11(12)21-3/h5-7H,4H2,1-3H3,(H2,15,16,17). The highest BCUT2D eigenvalue weighted by Crippen LogP contribution is 2.35. The lowest BCUT2D eigenvalue weighted by molar-refractivity contribution is 0.384. The zero-order valence-electron chi connectivity index (χ0n) is 12.3. The number of aromatic amines is 1. The number of hydrogen-bond donors (Lipinski definition) is 2. The second-order valence-electron chi connectivity index (χ2n) is 4.38. The van der Waals surface area contributed by atoms with Crippen molar-refractivity contribution in [3.8, 4) is 11.5 Å². The van der Waals surface area contributed by atoms with Crippen LogP contribution in [-0.2, 0) is 16.4 Å². The largest absolute Gasteiger partial charge is 0.495 e. The minimum absolute atomic E-state index is 0.0104. The molecule has 2 aromatic rings. The van der Waals surface area contributed by atoms with Crippen LogP contribution >= 0.6 is 15.9 Å². The number of sulfonamides is 1. The van der Waals surface area contributed by atoms with Crippen molar-refractivity contribution < 1.29 is 17.9 Å². The van der Waals surface area contributed by atoms with Crippen molar-refractivity contribution in [3.05, 3.63) is 28.4 Å². The molecule has 2 N–H and O–H groups in total. The summed E-state index contributed by atoms with van der Waals surface area (Å²) in [5, 5.41) is 6.67. The quantitative estimate of drug-likeness (QED) is 0.791. The number of H-pyrrole nitrogens is 1. The maximum atomic E-state index is 12.5. The van der Waals surface area contributed by atoms with Crippen LogP contribution in [0.1, 0.15) is 12.6 Å². The number of benzene rings is 1. The van der Waals surface area contributed by atoms with Crippen molar-refractivity contribution in [2.75, 3.05) is 18.9 Å². The van der Waals surface area contributed by atoms with E-state index in [-0.39, 0.29) is 16.5 Å². The highest BCUT2D eigenvalue weighted by atomic mass is 79.9. The normalized spacial score (nSPS) is 11.3. The predicted molar refractivity (Wildman–Crippen MR) is 86.0 cm³/mol. The molecule has 22 heavy (non-hydrogen) atoms. The van der Waals surface area contributed by atoms with Crippen LogP contribution in [0.4, 0.5) is 5.82 Å². The maximum Gasteiger partial charge on any atom is 0.266 e. The Hall–Kier alpha value is -1.74. The minimum Gasteiger partial charge on any atom is -0.495 e. The Morgan fingerprint density at radius 3 is 2.45 bits per heavy atom. The van der Waals surface area contributed by atoms with Gasteiger partial charge in [0.25, 0.3) is 10.0 Å². The third-order valence-electron chi connectivity index (χ3n) is 2.98. The number of rotatable bonds is 6. The number of ether oxygens (including phenoxy) is 2. The van der Waals surface area contributed by atoms with E-state index in [2.05, 4.69) is 30.8 Å². The predicted octanol–water partition coefficient (Wildman–Crippen LogP) is 2.55. The molecule has 0 aliphatic carbocycles. The first-order chi connectivity index (χ1) is 10.4. The molecule has 7 nitrogen and oxygen atoms in total. The molecule has 0 amide bonds. The SMILES string of the molecule is CCc1cc(NS(=O)(=O)c2cc(Br)c(OC)cc2OC)n[nH]1. The first-order valence-corrected chi connectivity index (χ1v) is 8.67. The fourth-order valence-electron chi connectivity index (χ4n) is 1.83. The van der Waals surface area contributed by atoms with Gasteiger partial charge < -0.3 is 9.47 Å². The van der Waals surface area contributed by atoms with Gasteiger partial charge in [-0.3, -0.25) is 9.82 Å². The second-order valence-corrected chi connectivity index (χ2v) is 6.88. The summed E-state index contributed by atoms with van der Waals surface area (Å²) in [6.45, 7) is 1.94. The molecule has 2 rings (SSSR count). The molecule has 0 unspecified atom stereocenters. The van der Waals surface area contributed by atoms with E-state index in [0.717, 1.165) is 12.1 Å². The fraction of sp³-hybridized carbons (Fsp3) is 0.308. The van der Waals surface area contributed by atoms with Crippen molar-refractivity contribution in [1.82, 2.24) is 10.2 Å². The Bertz CT molecular complexity index is 774. The summed E-state index contributed by atoms with van der Waals surface area (Å²) < 4.78 is 38.2. The van der Waals surface area contributed by atoms with Crippen LogP contribution in [0.2, 0.25) is 0 Å². The summed E-state index contributed by atoms with van der Waals surface area (Å²) in [6, 6.07) is 4.57. The number of nitrogens with zero attached hydrogens (tertiary/aromatic N) is 1. The topological polar surface area (TPSA) is 93.3 Å². The van der Waals surface area contributed by atoms with Gasteiger partial charge in [0.1, 0.15) is 16.4 Å². The van der Waals surface area contributed by atoms with Crippen LogP contribution in [0.5, 0.6) is 11.5 Å². The number of aryl methyl sites for hydroxylation is 1. The molecule has 0 aliphatic rings. The molecule has 0 saturated heterocycles. The van der Waals surface area contributed by atoms with Gasteiger partial charge in [0.05, 0.1) is 18.7 Å². The van der Waals surface area contributed by atoms with Crippen LogP contribution in [0, 0.1) is 0 Å². The van der Waals surface area contributed by atoms with Crippen LogP contribution < -0.4 is 14.2 Å². The Labute approximate surface area is 137 Å². The van der Waals surface area contributed by atoms with Gasteiger partial charge >= 0.3 is 0 Å². The molecular weight excluding hydrogens is 374 g/mol. The highest BCUT2D eigenvalue weighted by molar-refractivity contribution is 9.10. The van der Waals surface area contributed by atoms with Crippen LogP contribution in [0.15, 0.2) is 27.6 Å². The van der Waals surface area contributed by atoms with Crippen molar-refractivity contribution in [2.45, 2.75) is 18.2 Å². The summed E-state index contributed by atoms with van der Waals surface area (Å²) in [5.41, 5.74) is 0.834. The van der Waals surface area contributed by atoms with Crippen molar-refractivity contribution >= 4 is 31.8 Å². The molecule has 0 atom stereocenters. The molecular formula is C13H16BrN3O4S. The minimum atomic E-state index is -3.84. The molecule has 1 aromatic heterocycles. The Balaban J connectivity index is 2.42. The van der Waals surface area contributed by atoms with E-state index in [1.807, 2.05) is 6.92 Å². The van der Waals surface area contributed by atoms with Gasteiger partial charge in [-0.05, 0) is 28.4 Å². The molecule has 0 radical (unpaired) electrons. The lowest BCUT2D eigenvalue weighted by Gasteiger charge is -2.13. The first kappa shape index (κ1) is 16.6. The average molecular weight is 390 g/mol. The van der Waals surface area contributed by atoms with Gasteiger partial charge in [-0.15, -0.1) is 0 Å². The Kier molecular flexibility index (Phi) is 4.97. The van der Waals surface area contributed by atoms with Crippen LogP contribution in [0.25, 0.3) is 0 Å². The summed E-state index contributed by atoms with van der Waals surface area (Å²) in [5.74, 6) is 0.883. The van der Waals surface area contributed by atoms with Gasteiger partial charge in [-0.25, -0.2) is 8.42 Å². The number of methoxy groups -OCH3 is 2. The van der Waals surface area contributed by atoms with Gasteiger partial charge in [0.2, 0.25) is 0 Å². The second kappa shape index (κ2) is 6.57. The van der Waals surface area contributed by atoms with E-state index in [0.29, 0.717) is 10.2 Å². The van der Waals surface area contributed by atoms with Crippen molar-refractivity contribution in [1.29, 1.82) is 0 Å². The lowest BCUT2D eigenvalue weighted by atomic mass is 10.3. The summed E-state index contributed by atoms with van der Waals surface area (Å²) in [6.07, 6.45) is 0.728. The molecule has 0 spiro atoms. The maximum absolute atomic E-state index is 12.5. The van der Waals surface area contributed by atoms with Gasteiger partial charge in [0.15, 0.2) is 5.82 Å². The Morgan fingerprint density at radius 1 is 1.23 bits per heavy atom. The van der Waals surface area contributed by atoms with Gasteiger partial charge in [-0.1, -0.05) is 6.92 Å². The number of aromatic nitrogens is 2. The van der Waals surface area contributed by atoms with E-state index < -0.39 is 10.0 Å². The third kappa shape index (κ3) is 3.36. The number of nitrogens with one attached hydrogen (secondary N) is 2. The zero-order valence-corrected chi connectivity index (χ0v) is 14.7. The first-order valence-electron chi connectivity index (χ1n) is 6.40. The molecule has 120 valence electrons. The molecule has 0 saturated carbocycles. The number of anilines is 1. The van der Waals surface area contributed by atoms with E-state index >= 15 is 0 Å². The molecule has 9 heteroatoms. The molecule has 0 aliphatic heterocycles. The zero-order chi connectivity index (χ0) is 16.3. The third-order valence-corrected chi connectivity index (χ3v) is 4.97. The van der Waals surface area contributed by atoms with E-state index in [4.69, 9.17) is 9.47 Å². The fourth-order valence-corrected chi connectivity index (χ4v) is 3.66. The lowest BCUT2D eigenvalue weighted by Crippen LogP contribution is -2.14. The summed E-state index contributed by atoms with van der Waals surface area (Å²) in [4.78, 5) is -0.0104. The highest BCUT2D eigenvalue weighted by Gasteiger charge is 2.23. The number of halogens is 1. The van der Waals surface area contributed by atoms with E-state index in [1.165, 1.54) is 26.4 Å². The molecule has 0 fully saturated rings. The van der Waals surface area contributed by atoms with E-state index in [1.54, 1.807) is 6.07 Å². The molecule has 0 bridgehead atoms. The average Bonchev–Trinajstić information content (AvgIpc) is 2.93. The van der Waals surface area contributed by atoms with Crippen molar-refractivity contribution in [2.24, 2.45) is 0 Å². The summed E-state index contributed by atoms with van der Waals surface area (Å²) >= 11 is 3.27. The van der Waals surface area contributed by atoms with Crippen LogP contribution in [0.3, 0.4) is 0 Å². The monoisotopic (exact) mass is 389 g/mol. The van der Waals surface area contributed by atoms with Gasteiger partial charge in [-0.2, -0.15) is 5.10 Å². The summed E-state index contributed by atoms with van der Waals surface area (Å²) in [7, 11) is -0.959. The van der Waals surface area contributed by atoms with Crippen molar-refractivity contribution in [3.63, 3.8) is 0 Å². The molecule has 1 heterocycles. The van der Waals surface area contributed by atoms with Gasteiger partial charge in [0, 0.05) is 17.8 Å². The van der Waals surface area contributed by atoms with Crippen LogP contribution in [-0.4, -0.2) is 32.8 Å².